The zero-order chi connectivity index (χ0) is 7.61. The monoisotopic (exact) mass is 138 g/mol. The fourth-order valence-electron chi connectivity index (χ4n) is 1.08. The molecule has 1 aliphatic rings. The van der Waals surface area contributed by atoms with Gasteiger partial charge in [-0.1, -0.05) is 6.92 Å². The van der Waals surface area contributed by atoms with Gasteiger partial charge >= 0.3 is 0 Å². The Kier molecular flexibility index (Phi) is 1.62. The summed E-state index contributed by atoms with van der Waals surface area (Å²) in [5.74, 6) is -0.0995. The fourth-order valence-corrected chi connectivity index (χ4v) is 1.08. The summed E-state index contributed by atoms with van der Waals surface area (Å²) in [6.45, 7) is 1.98. The van der Waals surface area contributed by atoms with E-state index in [0.29, 0.717) is 0 Å². The van der Waals surface area contributed by atoms with Crippen molar-refractivity contribution in [3.05, 3.63) is 0 Å². The molecular weight excluding hydrogens is 128 g/mol. The topological polar surface area (TPSA) is 52.9 Å². The highest BCUT2D eigenvalue weighted by Crippen LogP contribution is 2.48. The third kappa shape index (κ3) is 0.971. The number of hydrogen-bond donors (Lipinski definition) is 1. The number of carbonyl (C=O) groups is 1. The van der Waals surface area contributed by atoms with Crippen LogP contribution >= 0.6 is 0 Å². The fraction of sp³-hybridized carbons (Fsp3) is 0.714. The molecule has 0 unspecified atom stereocenters. The first-order valence-corrected chi connectivity index (χ1v) is 3.45. The molecule has 0 radical (unpaired) electrons. The van der Waals surface area contributed by atoms with Crippen LogP contribution in [0.25, 0.3) is 0 Å². The van der Waals surface area contributed by atoms with E-state index in [4.69, 9.17) is 5.26 Å². The number of hydrogen-bond acceptors (Lipinski definition) is 2. The normalized spacial score (nSPS) is 19.2. The molecule has 0 aromatic heterocycles. The van der Waals surface area contributed by atoms with Gasteiger partial charge in [0, 0.05) is 0 Å². The third-order valence-electron chi connectivity index (χ3n) is 2.18. The summed E-state index contributed by atoms with van der Waals surface area (Å²) in [7, 11) is 0. The van der Waals surface area contributed by atoms with Crippen molar-refractivity contribution in [2.45, 2.75) is 26.2 Å². The van der Waals surface area contributed by atoms with Gasteiger partial charge in [0.2, 0.25) is 5.91 Å². The van der Waals surface area contributed by atoms with Gasteiger partial charge in [-0.2, -0.15) is 5.26 Å². The van der Waals surface area contributed by atoms with Gasteiger partial charge in [0.15, 0.2) is 6.19 Å². The zero-order valence-electron chi connectivity index (χ0n) is 5.98. The molecule has 10 heavy (non-hydrogen) atoms. The van der Waals surface area contributed by atoms with E-state index in [9.17, 15) is 4.79 Å². The Morgan fingerprint density at radius 3 is 2.70 bits per heavy atom. The van der Waals surface area contributed by atoms with Crippen LogP contribution < -0.4 is 5.32 Å². The molecular formula is C7H10N2O. The molecule has 1 rings (SSSR count). The highest BCUT2D eigenvalue weighted by Gasteiger charge is 2.47. The lowest BCUT2D eigenvalue weighted by atomic mass is 10.0. The van der Waals surface area contributed by atoms with Crippen molar-refractivity contribution in [3.8, 4) is 6.19 Å². The maximum Gasteiger partial charge on any atom is 0.239 e. The Labute approximate surface area is 60.0 Å². The molecule has 0 bridgehead atoms. The van der Waals surface area contributed by atoms with Gasteiger partial charge in [-0.05, 0) is 19.3 Å². The lowest BCUT2D eigenvalue weighted by Gasteiger charge is -2.06. The molecule has 0 spiro atoms. The van der Waals surface area contributed by atoms with E-state index in [2.05, 4.69) is 5.32 Å². The van der Waals surface area contributed by atoms with E-state index < -0.39 is 0 Å². The number of nitrogens with zero attached hydrogens (tertiary/aromatic N) is 1. The van der Waals surface area contributed by atoms with Gasteiger partial charge in [0.25, 0.3) is 0 Å². The summed E-state index contributed by atoms with van der Waals surface area (Å²) in [6.07, 6.45) is 4.38. The van der Waals surface area contributed by atoms with E-state index in [0.717, 1.165) is 19.3 Å². The smallest absolute Gasteiger partial charge is 0.239 e. The van der Waals surface area contributed by atoms with Crippen molar-refractivity contribution in [3.63, 3.8) is 0 Å². The first-order chi connectivity index (χ1) is 4.75. The minimum atomic E-state index is -0.171. The van der Waals surface area contributed by atoms with Crippen LogP contribution in [0.4, 0.5) is 0 Å². The molecule has 1 saturated carbocycles. The molecule has 0 atom stereocenters. The third-order valence-corrected chi connectivity index (χ3v) is 2.18. The van der Waals surface area contributed by atoms with Crippen LogP contribution in [0, 0.1) is 16.9 Å². The number of carbonyl (C=O) groups excluding carboxylic acids is 1. The molecule has 3 nitrogen and oxygen atoms in total. The van der Waals surface area contributed by atoms with Crippen LogP contribution in [0.5, 0.6) is 0 Å². The Hall–Kier alpha value is -1.04. The van der Waals surface area contributed by atoms with Gasteiger partial charge in [0.05, 0.1) is 5.41 Å². The molecule has 0 aromatic rings. The van der Waals surface area contributed by atoms with E-state index in [1.807, 2.05) is 6.92 Å². The standard InChI is InChI=1S/C7H10N2O/c1-2-7(3-4-7)6(10)9-5-8/h2-4H2,1H3,(H,9,10). The predicted octanol–water partition coefficient (Wildman–Crippen LogP) is 0.774. The van der Waals surface area contributed by atoms with Crippen LogP contribution in [0.1, 0.15) is 26.2 Å². The molecule has 1 N–H and O–H groups in total. The Bertz CT molecular complexity index is 188. The van der Waals surface area contributed by atoms with E-state index in [-0.39, 0.29) is 11.3 Å². The highest BCUT2D eigenvalue weighted by molar-refractivity contribution is 5.86. The Balaban J connectivity index is 2.50. The van der Waals surface area contributed by atoms with Crippen molar-refractivity contribution < 1.29 is 4.79 Å². The molecule has 0 aliphatic heterocycles. The Morgan fingerprint density at radius 2 is 2.40 bits per heavy atom. The summed E-state index contributed by atoms with van der Waals surface area (Å²) < 4.78 is 0. The van der Waals surface area contributed by atoms with Gasteiger partial charge in [-0.3, -0.25) is 10.1 Å². The highest BCUT2D eigenvalue weighted by atomic mass is 16.2. The van der Waals surface area contributed by atoms with Gasteiger partial charge in [0.1, 0.15) is 0 Å². The number of nitrogens with one attached hydrogen (secondary N) is 1. The summed E-state index contributed by atoms with van der Waals surface area (Å²) in [5.41, 5.74) is -0.171. The van der Waals surface area contributed by atoms with Crippen LogP contribution in [-0.4, -0.2) is 5.91 Å². The quantitative estimate of drug-likeness (QED) is 0.452. The lowest BCUT2D eigenvalue weighted by molar-refractivity contribution is -0.125. The number of amides is 1. The van der Waals surface area contributed by atoms with Crippen LogP contribution in [0.15, 0.2) is 0 Å². The van der Waals surface area contributed by atoms with Crippen LogP contribution in [0.2, 0.25) is 0 Å². The van der Waals surface area contributed by atoms with E-state index in [1.54, 1.807) is 6.19 Å². The molecule has 0 saturated heterocycles. The van der Waals surface area contributed by atoms with Crippen molar-refractivity contribution in [1.29, 1.82) is 5.26 Å². The maximum absolute atomic E-state index is 11.0. The van der Waals surface area contributed by atoms with Gasteiger partial charge < -0.3 is 0 Å². The number of rotatable bonds is 2. The van der Waals surface area contributed by atoms with Crippen molar-refractivity contribution >= 4 is 5.91 Å². The van der Waals surface area contributed by atoms with E-state index >= 15 is 0 Å². The largest absolute Gasteiger partial charge is 0.273 e. The van der Waals surface area contributed by atoms with Crippen LogP contribution in [-0.2, 0) is 4.79 Å². The predicted molar refractivity (Wildman–Crippen MR) is 35.7 cm³/mol. The molecule has 0 heterocycles. The first-order valence-electron chi connectivity index (χ1n) is 3.45. The molecule has 1 fully saturated rings. The average Bonchev–Trinajstić information content (AvgIpc) is 2.68. The SMILES string of the molecule is CCC1(C(=O)NC#N)CC1. The van der Waals surface area contributed by atoms with Gasteiger partial charge in [-0.25, -0.2) is 0 Å². The number of nitriles is 1. The summed E-state index contributed by atoms with van der Waals surface area (Å²) in [5, 5.41) is 10.3. The zero-order valence-corrected chi connectivity index (χ0v) is 5.98. The molecule has 0 aromatic carbocycles. The van der Waals surface area contributed by atoms with Crippen molar-refractivity contribution in [1.82, 2.24) is 5.32 Å². The van der Waals surface area contributed by atoms with Crippen molar-refractivity contribution in [2.24, 2.45) is 5.41 Å². The maximum atomic E-state index is 11.0. The second kappa shape index (κ2) is 2.30. The molecule has 3 heteroatoms. The average molecular weight is 138 g/mol. The minimum absolute atomic E-state index is 0.0995. The summed E-state index contributed by atoms with van der Waals surface area (Å²) in [6, 6.07) is 0. The van der Waals surface area contributed by atoms with Crippen molar-refractivity contribution in [2.75, 3.05) is 0 Å². The minimum Gasteiger partial charge on any atom is -0.273 e. The lowest BCUT2D eigenvalue weighted by Crippen LogP contribution is -2.27. The second-order valence-electron chi connectivity index (χ2n) is 2.70. The Morgan fingerprint density at radius 1 is 1.80 bits per heavy atom. The van der Waals surface area contributed by atoms with Crippen LogP contribution in [0.3, 0.4) is 0 Å². The summed E-state index contributed by atoms with van der Waals surface area (Å²) >= 11 is 0. The van der Waals surface area contributed by atoms with Gasteiger partial charge in [-0.15, -0.1) is 0 Å². The first kappa shape index (κ1) is 7.07. The van der Waals surface area contributed by atoms with E-state index in [1.165, 1.54) is 0 Å². The summed E-state index contributed by atoms with van der Waals surface area (Å²) in [4.78, 5) is 11.0. The molecule has 54 valence electrons. The molecule has 1 amide bonds. The second-order valence-corrected chi connectivity index (χ2v) is 2.70. The molecule has 1 aliphatic carbocycles.